The molecule has 27 heavy (non-hydrogen) atoms. The van der Waals surface area contributed by atoms with Crippen LogP contribution in [-0.2, 0) is 6.61 Å². The monoisotopic (exact) mass is 442 g/mol. The van der Waals surface area contributed by atoms with E-state index in [2.05, 4.69) is 25.9 Å². The topological polar surface area (TPSA) is 47.1 Å². The van der Waals surface area contributed by atoms with Gasteiger partial charge in [-0.2, -0.15) is 0 Å². The quantitative estimate of drug-likeness (QED) is 0.397. The Morgan fingerprint density at radius 2 is 1.85 bits per heavy atom. The highest BCUT2D eigenvalue weighted by Gasteiger charge is 2.15. The molecule has 0 aliphatic rings. The van der Waals surface area contributed by atoms with Gasteiger partial charge in [0.25, 0.3) is 0 Å². The highest BCUT2D eigenvalue weighted by Crippen LogP contribution is 2.39. The van der Waals surface area contributed by atoms with Crippen LogP contribution < -0.4 is 9.47 Å². The van der Waals surface area contributed by atoms with Gasteiger partial charge in [0.1, 0.15) is 12.4 Å². The molecule has 4 aromatic rings. The minimum absolute atomic E-state index is 0.413. The van der Waals surface area contributed by atoms with E-state index in [0.717, 1.165) is 32.5 Å². The molecule has 0 unspecified atom stereocenters. The van der Waals surface area contributed by atoms with Crippen molar-refractivity contribution in [2.75, 3.05) is 7.11 Å². The fourth-order valence-electron chi connectivity index (χ4n) is 2.82. The lowest BCUT2D eigenvalue weighted by molar-refractivity contribution is 0.282. The zero-order chi connectivity index (χ0) is 18.8. The Hall–Kier alpha value is -2.50. The number of H-pyrrole nitrogens is 1. The van der Waals surface area contributed by atoms with Crippen LogP contribution >= 0.6 is 27.5 Å². The fraction of sp³-hybridized carbons (Fsp3) is 0.0952. The lowest BCUT2D eigenvalue weighted by Crippen LogP contribution is -1.99. The maximum Gasteiger partial charge on any atom is 0.175 e. The number of hydrogen-bond acceptors (Lipinski definition) is 3. The van der Waals surface area contributed by atoms with Crippen molar-refractivity contribution >= 4 is 38.6 Å². The summed E-state index contributed by atoms with van der Waals surface area (Å²) < 4.78 is 12.3. The van der Waals surface area contributed by atoms with Crippen LogP contribution in [0.3, 0.4) is 0 Å². The standard InChI is InChI=1S/C21H16BrClN2O2/c1-26-19-11-14(21-24-17-4-2-3-5-18(17)25-21)10-16(22)20(19)27-12-13-6-8-15(23)9-7-13/h2-11H,12H2,1H3,(H,24,25). The van der Waals surface area contributed by atoms with E-state index in [4.69, 9.17) is 21.1 Å². The number of nitrogens with one attached hydrogen (secondary N) is 1. The zero-order valence-electron chi connectivity index (χ0n) is 14.5. The summed E-state index contributed by atoms with van der Waals surface area (Å²) in [5, 5.41) is 0.702. The second-order valence-corrected chi connectivity index (χ2v) is 7.30. The van der Waals surface area contributed by atoms with Crippen LogP contribution in [0.25, 0.3) is 22.4 Å². The van der Waals surface area contributed by atoms with E-state index in [9.17, 15) is 0 Å². The number of benzene rings is 3. The molecule has 1 aromatic heterocycles. The number of imidazole rings is 1. The molecular formula is C21H16BrClN2O2. The maximum atomic E-state index is 5.99. The summed E-state index contributed by atoms with van der Waals surface area (Å²) >= 11 is 9.53. The summed E-state index contributed by atoms with van der Waals surface area (Å²) in [6.07, 6.45) is 0. The Labute approximate surface area is 170 Å². The van der Waals surface area contributed by atoms with Crippen LogP contribution in [-0.4, -0.2) is 17.1 Å². The molecule has 136 valence electrons. The number of para-hydroxylation sites is 2. The molecule has 0 spiro atoms. The molecule has 1 N–H and O–H groups in total. The van der Waals surface area contributed by atoms with Gasteiger partial charge in [0.15, 0.2) is 11.5 Å². The number of aromatic amines is 1. The van der Waals surface area contributed by atoms with Gasteiger partial charge in [0.05, 0.1) is 22.6 Å². The average Bonchev–Trinajstić information content (AvgIpc) is 3.12. The summed E-state index contributed by atoms with van der Waals surface area (Å²) in [4.78, 5) is 7.98. The molecule has 3 aromatic carbocycles. The number of aromatic nitrogens is 2. The van der Waals surface area contributed by atoms with Gasteiger partial charge >= 0.3 is 0 Å². The fourth-order valence-corrected chi connectivity index (χ4v) is 3.50. The minimum Gasteiger partial charge on any atom is -0.493 e. The van der Waals surface area contributed by atoms with Gasteiger partial charge in [-0.15, -0.1) is 0 Å². The Balaban J connectivity index is 1.64. The highest BCUT2D eigenvalue weighted by molar-refractivity contribution is 9.10. The summed E-state index contributed by atoms with van der Waals surface area (Å²) in [6.45, 7) is 0.413. The van der Waals surface area contributed by atoms with Crippen LogP contribution in [0.4, 0.5) is 0 Å². The number of hydrogen-bond donors (Lipinski definition) is 1. The molecule has 0 saturated carbocycles. The second-order valence-electron chi connectivity index (χ2n) is 6.01. The van der Waals surface area contributed by atoms with Gasteiger partial charge in [0, 0.05) is 10.6 Å². The van der Waals surface area contributed by atoms with Crippen LogP contribution in [0, 0.1) is 0 Å². The third-order valence-corrected chi connectivity index (χ3v) is 5.03. The van der Waals surface area contributed by atoms with Gasteiger partial charge in [-0.05, 0) is 57.9 Å². The van der Waals surface area contributed by atoms with Crippen LogP contribution in [0.2, 0.25) is 5.02 Å². The number of nitrogens with zero attached hydrogens (tertiary/aromatic N) is 1. The van der Waals surface area contributed by atoms with Crippen molar-refractivity contribution in [3.63, 3.8) is 0 Å². The molecule has 4 nitrogen and oxygen atoms in total. The second kappa shape index (κ2) is 7.62. The number of methoxy groups -OCH3 is 1. The van der Waals surface area contributed by atoms with E-state index in [0.29, 0.717) is 23.1 Å². The molecule has 0 saturated heterocycles. The van der Waals surface area contributed by atoms with Crippen LogP contribution in [0.15, 0.2) is 65.1 Å². The third-order valence-electron chi connectivity index (χ3n) is 4.19. The SMILES string of the molecule is COc1cc(-c2nc3ccccc3[nH]2)cc(Br)c1OCc1ccc(Cl)cc1. The van der Waals surface area contributed by atoms with E-state index in [1.165, 1.54) is 0 Å². The molecule has 0 radical (unpaired) electrons. The van der Waals surface area contributed by atoms with Crippen LogP contribution in [0.5, 0.6) is 11.5 Å². The Kier molecular flexibility index (Phi) is 5.05. The summed E-state index contributed by atoms with van der Waals surface area (Å²) in [5.74, 6) is 2.06. The first-order chi connectivity index (χ1) is 13.1. The number of rotatable bonds is 5. The predicted octanol–water partition coefficient (Wildman–Crippen LogP) is 6.23. The summed E-state index contributed by atoms with van der Waals surface area (Å²) in [7, 11) is 1.62. The third kappa shape index (κ3) is 3.80. The van der Waals surface area contributed by atoms with Crippen molar-refractivity contribution < 1.29 is 9.47 Å². The normalized spacial score (nSPS) is 10.9. The van der Waals surface area contributed by atoms with Gasteiger partial charge in [-0.1, -0.05) is 35.9 Å². The van der Waals surface area contributed by atoms with Crippen molar-refractivity contribution in [1.82, 2.24) is 9.97 Å². The molecule has 0 aliphatic carbocycles. The van der Waals surface area contributed by atoms with E-state index in [1.54, 1.807) is 7.11 Å². The average molecular weight is 444 g/mol. The summed E-state index contributed by atoms with van der Waals surface area (Å²) in [5.41, 5.74) is 3.85. The Morgan fingerprint density at radius 1 is 1.07 bits per heavy atom. The van der Waals surface area contributed by atoms with E-state index in [1.807, 2.05) is 60.7 Å². The van der Waals surface area contributed by atoms with Crippen molar-refractivity contribution in [3.8, 4) is 22.9 Å². The summed E-state index contributed by atoms with van der Waals surface area (Å²) in [6, 6.07) is 19.4. The van der Waals surface area contributed by atoms with E-state index < -0.39 is 0 Å². The number of fused-ring (bicyclic) bond motifs is 1. The van der Waals surface area contributed by atoms with Gasteiger partial charge < -0.3 is 14.5 Å². The number of halogens is 2. The molecule has 4 rings (SSSR count). The van der Waals surface area contributed by atoms with E-state index in [-0.39, 0.29) is 0 Å². The van der Waals surface area contributed by atoms with Gasteiger partial charge in [0.2, 0.25) is 0 Å². The molecule has 0 amide bonds. The van der Waals surface area contributed by atoms with Crippen LogP contribution in [0.1, 0.15) is 5.56 Å². The molecular weight excluding hydrogens is 428 g/mol. The highest BCUT2D eigenvalue weighted by atomic mass is 79.9. The molecule has 0 bridgehead atoms. The first-order valence-electron chi connectivity index (χ1n) is 8.34. The zero-order valence-corrected chi connectivity index (χ0v) is 16.8. The minimum atomic E-state index is 0.413. The first kappa shape index (κ1) is 17.9. The number of ether oxygens (including phenoxy) is 2. The molecule has 0 atom stereocenters. The molecule has 0 aliphatic heterocycles. The lowest BCUT2D eigenvalue weighted by Gasteiger charge is -2.14. The Morgan fingerprint density at radius 3 is 2.59 bits per heavy atom. The van der Waals surface area contributed by atoms with Crippen molar-refractivity contribution in [1.29, 1.82) is 0 Å². The maximum absolute atomic E-state index is 5.99. The van der Waals surface area contributed by atoms with Crippen molar-refractivity contribution in [2.24, 2.45) is 0 Å². The predicted molar refractivity (Wildman–Crippen MR) is 112 cm³/mol. The first-order valence-corrected chi connectivity index (χ1v) is 9.51. The molecule has 1 heterocycles. The molecule has 0 fully saturated rings. The van der Waals surface area contributed by atoms with Crippen molar-refractivity contribution in [2.45, 2.75) is 6.61 Å². The Bertz CT molecular complexity index is 1060. The smallest absolute Gasteiger partial charge is 0.175 e. The largest absolute Gasteiger partial charge is 0.493 e. The lowest BCUT2D eigenvalue weighted by atomic mass is 10.2. The van der Waals surface area contributed by atoms with Crippen molar-refractivity contribution in [3.05, 3.63) is 75.7 Å². The van der Waals surface area contributed by atoms with Gasteiger partial charge in [-0.25, -0.2) is 4.98 Å². The van der Waals surface area contributed by atoms with E-state index >= 15 is 0 Å². The molecule has 6 heteroatoms. The van der Waals surface area contributed by atoms with Gasteiger partial charge in [-0.3, -0.25) is 0 Å².